The molecule has 1 aromatic heterocycles. The number of rotatable bonds is 4. The van der Waals surface area contributed by atoms with Crippen molar-refractivity contribution in [2.75, 3.05) is 0 Å². The first kappa shape index (κ1) is 13.8. The van der Waals surface area contributed by atoms with Gasteiger partial charge in [-0.25, -0.2) is 9.07 Å². The lowest BCUT2D eigenvalue weighted by molar-refractivity contribution is 0.299. The van der Waals surface area contributed by atoms with Crippen LogP contribution in [0.2, 0.25) is 0 Å². The summed E-state index contributed by atoms with van der Waals surface area (Å²) < 4.78 is 21.2. The van der Waals surface area contributed by atoms with Crippen LogP contribution in [0.3, 0.4) is 0 Å². The van der Waals surface area contributed by atoms with E-state index in [2.05, 4.69) is 21.0 Å². The minimum atomic E-state index is -0.339. The third-order valence-electron chi connectivity index (χ3n) is 2.89. The van der Waals surface area contributed by atoms with E-state index in [-0.39, 0.29) is 12.4 Å². The van der Waals surface area contributed by atoms with Crippen LogP contribution < -0.4 is 4.74 Å². The minimum Gasteiger partial charge on any atom is -0.487 e. The van der Waals surface area contributed by atoms with Gasteiger partial charge in [0.05, 0.1) is 5.69 Å². The molecule has 0 saturated carbocycles. The Morgan fingerprint density at radius 1 is 1.10 bits per heavy atom. The molecular weight excluding hydrogens is 335 g/mol. The Bertz CT molecular complexity index is 723. The van der Waals surface area contributed by atoms with E-state index in [4.69, 9.17) is 4.74 Å². The van der Waals surface area contributed by atoms with Crippen molar-refractivity contribution in [2.24, 2.45) is 0 Å². The summed E-state index contributed by atoms with van der Waals surface area (Å²) in [4.78, 5) is 0. The average Bonchev–Trinajstić information content (AvgIpc) is 2.94. The molecule has 1 heterocycles. The highest BCUT2D eigenvalue weighted by Gasteiger charge is 2.04. The quantitative estimate of drug-likeness (QED) is 0.702. The molecule has 0 bridgehead atoms. The fourth-order valence-electron chi connectivity index (χ4n) is 1.93. The first-order valence-electron chi connectivity index (χ1n) is 6.39. The molecule has 3 nitrogen and oxygen atoms in total. The summed E-state index contributed by atoms with van der Waals surface area (Å²) >= 11 is 3.23. The normalized spacial score (nSPS) is 10.6. The fraction of sp³-hybridized carbons (Fsp3) is 0.0625. The number of nitrogens with zero attached hydrogens (tertiary/aromatic N) is 2. The molecule has 0 N–H and O–H groups in total. The number of halogens is 2. The van der Waals surface area contributed by atoms with Gasteiger partial charge in [-0.1, -0.05) is 34.1 Å². The smallest absolute Gasteiger partial charge is 0.132 e. The van der Waals surface area contributed by atoms with Gasteiger partial charge in [-0.05, 0) is 30.3 Å². The highest BCUT2D eigenvalue weighted by Crippen LogP contribution is 2.21. The van der Waals surface area contributed by atoms with Gasteiger partial charge in [0.1, 0.15) is 23.9 Å². The zero-order valence-corrected chi connectivity index (χ0v) is 12.6. The molecule has 5 heteroatoms. The topological polar surface area (TPSA) is 27.1 Å². The van der Waals surface area contributed by atoms with Crippen molar-refractivity contribution >= 4 is 15.9 Å². The Kier molecular flexibility index (Phi) is 4.01. The lowest BCUT2D eigenvalue weighted by Crippen LogP contribution is -1.99. The molecule has 0 saturated heterocycles. The van der Waals surface area contributed by atoms with Crippen LogP contribution in [-0.2, 0) is 6.61 Å². The first-order valence-corrected chi connectivity index (χ1v) is 7.19. The van der Waals surface area contributed by atoms with Crippen LogP contribution in [0, 0.1) is 5.82 Å². The SMILES string of the molecule is Fc1cc(Br)cc(OCc2ccn(-c3ccccc3)n2)c1. The van der Waals surface area contributed by atoms with E-state index in [1.54, 1.807) is 10.7 Å². The maximum atomic E-state index is 13.2. The Hall–Kier alpha value is -2.14. The predicted molar refractivity (Wildman–Crippen MR) is 82.0 cm³/mol. The van der Waals surface area contributed by atoms with E-state index in [1.165, 1.54) is 12.1 Å². The second kappa shape index (κ2) is 6.10. The van der Waals surface area contributed by atoms with E-state index in [0.717, 1.165) is 11.4 Å². The molecule has 2 aromatic carbocycles. The fourth-order valence-corrected chi connectivity index (χ4v) is 2.38. The summed E-state index contributed by atoms with van der Waals surface area (Å²) in [7, 11) is 0. The molecule has 0 unspecified atom stereocenters. The lowest BCUT2D eigenvalue weighted by atomic mass is 10.3. The molecule has 3 aromatic rings. The van der Waals surface area contributed by atoms with Gasteiger partial charge < -0.3 is 4.74 Å². The third-order valence-corrected chi connectivity index (χ3v) is 3.35. The molecule has 0 atom stereocenters. The second-order valence-corrected chi connectivity index (χ2v) is 5.40. The van der Waals surface area contributed by atoms with Gasteiger partial charge in [-0.15, -0.1) is 0 Å². The lowest BCUT2D eigenvalue weighted by Gasteiger charge is -2.05. The summed E-state index contributed by atoms with van der Waals surface area (Å²) in [5, 5.41) is 4.43. The van der Waals surface area contributed by atoms with E-state index in [9.17, 15) is 4.39 Å². The standard InChI is InChI=1S/C16H12BrFN2O/c17-12-8-13(18)10-16(9-12)21-11-14-6-7-20(19-14)15-4-2-1-3-5-15/h1-10H,11H2. The van der Waals surface area contributed by atoms with Crippen LogP contribution in [0.5, 0.6) is 5.75 Å². The Morgan fingerprint density at radius 2 is 1.90 bits per heavy atom. The van der Waals surface area contributed by atoms with Crippen LogP contribution in [0.4, 0.5) is 4.39 Å². The zero-order valence-electron chi connectivity index (χ0n) is 11.0. The number of benzene rings is 2. The van der Waals surface area contributed by atoms with Crippen LogP contribution in [0.15, 0.2) is 65.3 Å². The monoisotopic (exact) mass is 346 g/mol. The molecule has 0 aliphatic rings. The summed E-state index contributed by atoms with van der Waals surface area (Å²) in [6.45, 7) is 0.287. The Labute approximate surface area is 130 Å². The predicted octanol–water partition coefficient (Wildman–Crippen LogP) is 4.35. The molecule has 0 radical (unpaired) electrons. The molecule has 0 aliphatic heterocycles. The third kappa shape index (κ3) is 3.49. The second-order valence-electron chi connectivity index (χ2n) is 4.48. The average molecular weight is 347 g/mol. The van der Waals surface area contributed by atoms with Gasteiger partial charge >= 0.3 is 0 Å². The van der Waals surface area contributed by atoms with Crippen molar-refractivity contribution in [3.63, 3.8) is 0 Å². The van der Waals surface area contributed by atoms with E-state index in [1.807, 2.05) is 42.6 Å². The van der Waals surface area contributed by atoms with Gasteiger partial charge in [0.25, 0.3) is 0 Å². The maximum absolute atomic E-state index is 13.2. The number of ether oxygens (including phenoxy) is 1. The van der Waals surface area contributed by atoms with Crippen molar-refractivity contribution in [1.29, 1.82) is 0 Å². The highest BCUT2D eigenvalue weighted by molar-refractivity contribution is 9.10. The van der Waals surface area contributed by atoms with Crippen molar-refractivity contribution in [3.8, 4) is 11.4 Å². The van der Waals surface area contributed by atoms with Crippen LogP contribution in [-0.4, -0.2) is 9.78 Å². The minimum absolute atomic E-state index is 0.287. The van der Waals surface area contributed by atoms with Crippen molar-refractivity contribution in [2.45, 2.75) is 6.61 Å². The number of hydrogen-bond acceptors (Lipinski definition) is 2. The van der Waals surface area contributed by atoms with Gasteiger partial charge in [-0.2, -0.15) is 5.10 Å². The molecule has 0 fully saturated rings. The zero-order chi connectivity index (χ0) is 14.7. The van der Waals surface area contributed by atoms with E-state index >= 15 is 0 Å². The van der Waals surface area contributed by atoms with Crippen LogP contribution in [0.1, 0.15) is 5.69 Å². The largest absolute Gasteiger partial charge is 0.487 e. The van der Waals surface area contributed by atoms with Gasteiger partial charge in [-0.3, -0.25) is 0 Å². The molecule has 0 aliphatic carbocycles. The number of aromatic nitrogens is 2. The Balaban J connectivity index is 1.70. The summed E-state index contributed by atoms with van der Waals surface area (Å²) in [5.74, 6) is 0.130. The molecule has 0 amide bonds. The van der Waals surface area contributed by atoms with Crippen LogP contribution in [0.25, 0.3) is 5.69 Å². The summed E-state index contributed by atoms with van der Waals surface area (Å²) in [6, 6.07) is 16.1. The van der Waals surface area contributed by atoms with Crippen molar-refractivity contribution < 1.29 is 9.13 Å². The molecule has 0 spiro atoms. The number of hydrogen-bond donors (Lipinski definition) is 0. The molecule has 106 valence electrons. The molecule has 21 heavy (non-hydrogen) atoms. The van der Waals surface area contributed by atoms with Gasteiger partial charge in [0, 0.05) is 16.7 Å². The Morgan fingerprint density at radius 3 is 2.67 bits per heavy atom. The van der Waals surface area contributed by atoms with Gasteiger partial charge in [0.2, 0.25) is 0 Å². The first-order chi connectivity index (χ1) is 10.2. The van der Waals surface area contributed by atoms with Crippen LogP contribution >= 0.6 is 15.9 Å². The summed E-state index contributed by atoms with van der Waals surface area (Å²) in [5.41, 5.74) is 1.76. The van der Waals surface area contributed by atoms with Crippen molar-refractivity contribution in [1.82, 2.24) is 9.78 Å². The molecule has 3 rings (SSSR count). The van der Waals surface area contributed by atoms with Gasteiger partial charge in [0.15, 0.2) is 0 Å². The van der Waals surface area contributed by atoms with Crippen molar-refractivity contribution in [3.05, 3.63) is 76.8 Å². The highest BCUT2D eigenvalue weighted by atomic mass is 79.9. The number of para-hydroxylation sites is 1. The maximum Gasteiger partial charge on any atom is 0.132 e. The molecular formula is C16H12BrFN2O. The van der Waals surface area contributed by atoms with E-state index < -0.39 is 0 Å². The van der Waals surface area contributed by atoms with E-state index in [0.29, 0.717) is 10.2 Å². The summed E-state index contributed by atoms with van der Waals surface area (Å²) in [6.07, 6.45) is 1.87.